The summed E-state index contributed by atoms with van der Waals surface area (Å²) in [4.78, 5) is 14.7. The molecule has 0 atom stereocenters. The lowest BCUT2D eigenvalue weighted by atomic mass is 9.96. The molecule has 0 radical (unpaired) electrons. The summed E-state index contributed by atoms with van der Waals surface area (Å²) < 4.78 is 69.3. The van der Waals surface area contributed by atoms with Crippen LogP contribution in [-0.2, 0) is 17.6 Å². The van der Waals surface area contributed by atoms with Gasteiger partial charge >= 0.3 is 11.8 Å². The zero-order valence-corrected chi connectivity index (χ0v) is 18.5. The predicted molar refractivity (Wildman–Crippen MR) is 110 cm³/mol. The third kappa shape index (κ3) is 3.74. The lowest BCUT2D eigenvalue weighted by Gasteiger charge is -2.22. The summed E-state index contributed by atoms with van der Waals surface area (Å²) in [6, 6.07) is 2.47. The van der Waals surface area contributed by atoms with Crippen LogP contribution in [0.2, 0.25) is 0 Å². The van der Waals surface area contributed by atoms with Crippen molar-refractivity contribution in [3.8, 4) is 0 Å². The molecule has 34 heavy (non-hydrogen) atoms. The Balaban J connectivity index is 1.54. The average molecular weight is 481 g/mol. The monoisotopic (exact) mass is 481 g/mol. The zero-order valence-electron chi connectivity index (χ0n) is 18.5. The fourth-order valence-electron chi connectivity index (χ4n) is 3.80. The topological polar surface area (TPSA) is 97.3 Å². The van der Waals surface area contributed by atoms with Crippen LogP contribution in [0.15, 0.2) is 28.6 Å². The first-order chi connectivity index (χ1) is 15.8. The smallest absolute Gasteiger partial charge is 0.348 e. The molecule has 0 bridgehead atoms. The van der Waals surface area contributed by atoms with Gasteiger partial charge < -0.3 is 4.90 Å². The van der Waals surface area contributed by atoms with Crippen molar-refractivity contribution in [3.05, 3.63) is 35.4 Å². The van der Waals surface area contributed by atoms with Gasteiger partial charge in [0.15, 0.2) is 17.0 Å². The first kappa shape index (κ1) is 22.5. The Bertz CT molecular complexity index is 1290. The number of hydrogen-bond acceptors (Lipinski definition) is 8. The van der Waals surface area contributed by atoms with Gasteiger partial charge in [0.1, 0.15) is 5.82 Å². The Kier molecular flexibility index (Phi) is 4.69. The van der Waals surface area contributed by atoms with Crippen LogP contribution in [0.25, 0.3) is 11.2 Å². The number of hydrogen-bond donors (Lipinski definition) is 0. The van der Waals surface area contributed by atoms with Gasteiger partial charge in [-0.25, -0.2) is 23.4 Å². The summed E-state index contributed by atoms with van der Waals surface area (Å²) in [6.45, 7) is 5.21. The second kappa shape index (κ2) is 7.09. The van der Waals surface area contributed by atoms with Gasteiger partial charge in [-0.2, -0.15) is 13.2 Å². The largest absolute Gasteiger partial charge is 0.442 e. The van der Waals surface area contributed by atoms with Crippen LogP contribution in [0.4, 0.5) is 27.8 Å². The molecule has 0 saturated carbocycles. The van der Waals surface area contributed by atoms with Crippen LogP contribution in [-0.4, -0.2) is 55.1 Å². The van der Waals surface area contributed by atoms with Crippen LogP contribution in [0, 0.1) is 0 Å². The van der Waals surface area contributed by atoms with Crippen molar-refractivity contribution in [3.63, 3.8) is 0 Å². The summed E-state index contributed by atoms with van der Waals surface area (Å²) in [5.74, 6) is -2.18. The van der Waals surface area contributed by atoms with E-state index in [1.807, 2.05) is 20.8 Å². The first-order valence-corrected chi connectivity index (χ1v) is 10.5. The molecule has 1 fully saturated rings. The fraction of sp³-hybridized carbons (Fsp3) is 0.550. The molecule has 0 N–H and O–H groups in total. The van der Waals surface area contributed by atoms with Gasteiger partial charge in [-0.15, -0.1) is 15.3 Å². The van der Waals surface area contributed by atoms with Gasteiger partial charge in [0, 0.05) is 30.1 Å². The molecule has 14 heteroatoms. The molecule has 2 aliphatic rings. The maximum absolute atomic E-state index is 13.9. The Labute approximate surface area is 190 Å². The second-order valence-corrected chi connectivity index (χ2v) is 9.47. The van der Waals surface area contributed by atoms with Gasteiger partial charge in [0.25, 0.3) is 5.92 Å². The van der Waals surface area contributed by atoms with E-state index in [-0.39, 0.29) is 47.7 Å². The standard InChI is InChI=1S/C20H20F5N9/c1-17(2,3)16-27-14(33-7-5-18(21,22)10-33)13-15(28-16)34(32-29-13)9-12-8-11(4-6-26-12)19(30-31-19)20(23,24)25/h4,6,8H,5,7,9-10H2,1-3H3. The van der Waals surface area contributed by atoms with Gasteiger partial charge in [-0.1, -0.05) is 26.0 Å². The lowest BCUT2D eigenvalue weighted by molar-refractivity contribution is -0.166. The molecule has 9 nitrogen and oxygen atoms in total. The number of alkyl halides is 5. The molecule has 5 heterocycles. The molecular formula is C20H20F5N9. The van der Waals surface area contributed by atoms with Crippen molar-refractivity contribution < 1.29 is 22.0 Å². The second-order valence-electron chi connectivity index (χ2n) is 9.47. The number of aromatic nitrogens is 6. The van der Waals surface area contributed by atoms with E-state index in [1.165, 1.54) is 27.9 Å². The van der Waals surface area contributed by atoms with Crippen molar-refractivity contribution in [2.24, 2.45) is 10.2 Å². The van der Waals surface area contributed by atoms with Crippen LogP contribution in [0.1, 0.15) is 44.3 Å². The predicted octanol–water partition coefficient (Wildman–Crippen LogP) is 3.99. The highest BCUT2D eigenvalue weighted by atomic mass is 19.4. The van der Waals surface area contributed by atoms with Crippen molar-refractivity contribution in [1.29, 1.82) is 0 Å². The van der Waals surface area contributed by atoms with Crippen LogP contribution in [0.5, 0.6) is 0 Å². The molecule has 3 aromatic rings. The van der Waals surface area contributed by atoms with Gasteiger partial charge in [-0.3, -0.25) is 4.98 Å². The van der Waals surface area contributed by atoms with E-state index in [9.17, 15) is 22.0 Å². The number of rotatable bonds is 4. The molecule has 3 aromatic heterocycles. The molecule has 5 rings (SSSR count). The van der Waals surface area contributed by atoms with Crippen molar-refractivity contribution in [1.82, 2.24) is 29.9 Å². The summed E-state index contributed by atoms with van der Waals surface area (Å²) in [5.41, 5.74) is -2.45. The van der Waals surface area contributed by atoms with Gasteiger partial charge in [-0.05, 0) is 12.1 Å². The quantitative estimate of drug-likeness (QED) is 0.523. The van der Waals surface area contributed by atoms with E-state index in [0.29, 0.717) is 5.82 Å². The van der Waals surface area contributed by atoms with Gasteiger partial charge in [0.05, 0.1) is 18.8 Å². The minimum atomic E-state index is -4.66. The number of halogens is 5. The summed E-state index contributed by atoms with van der Waals surface area (Å²) in [6.07, 6.45) is -3.72. The number of pyridine rings is 1. The summed E-state index contributed by atoms with van der Waals surface area (Å²) >= 11 is 0. The number of nitrogens with zero attached hydrogens (tertiary/aromatic N) is 9. The molecule has 0 aromatic carbocycles. The first-order valence-electron chi connectivity index (χ1n) is 10.5. The highest BCUT2D eigenvalue weighted by molar-refractivity contribution is 5.83. The van der Waals surface area contributed by atoms with Crippen molar-refractivity contribution in [2.45, 2.75) is 56.9 Å². The van der Waals surface area contributed by atoms with Crippen LogP contribution >= 0.6 is 0 Å². The molecule has 0 amide bonds. The minimum Gasteiger partial charge on any atom is -0.348 e. The molecule has 0 unspecified atom stereocenters. The summed E-state index contributed by atoms with van der Waals surface area (Å²) in [7, 11) is 0. The molecule has 180 valence electrons. The maximum Gasteiger partial charge on any atom is 0.442 e. The normalized spacial score (nSPS) is 19.2. The molecule has 2 aliphatic heterocycles. The third-order valence-corrected chi connectivity index (χ3v) is 5.71. The Morgan fingerprint density at radius 1 is 1.09 bits per heavy atom. The average Bonchev–Trinajstić information content (AvgIpc) is 3.37. The number of fused-ring (bicyclic) bond motifs is 1. The molecule has 1 saturated heterocycles. The van der Waals surface area contributed by atoms with E-state index < -0.39 is 29.7 Å². The fourth-order valence-corrected chi connectivity index (χ4v) is 3.80. The van der Waals surface area contributed by atoms with Crippen LogP contribution < -0.4 is 4.90 Å². The Morgan fingerprint density at radius 3 is 2.41 bits per heavy atom. The minimum absolute atomic E-state index is 0.0471. The molecule has 0 aliphatic carbocycles. The zero-order chi connectivity index (χ0) is 24.5. The van der Waals surface area contributed by atoms with Crippen molar-refractivity contribution >= 4 is 17.0 Å². The van der Waals surface area contributed by atoms with E-state index in [1.54, 1.807) is 0 Å². The van der Waals surface area contributed by atoms with Crippen LogP contribution in [0.3, 0.4) is 0 Å². The maximum atomic E-state index is 13.9. The number of anilines is 1. The lowest BCUT2D eigenvalue weighted by Crippen LogP contribution is -2.30. The van der Waals surface area contributed by atoms with E-state index in [0.717, 1.165) is 0 Å². The van der Waals surface area contributed by atoms with Gasteiger partial charge in [0.2, 0.25) is 0 Å². The van der Waals surface area contributed by atoms with E-state index >= 15 is 0 Å². The van der Waals surface area contributed by atoms with Crippen molar-refractivity contribution in [2.75, 3.05) is 18.0 Å². The molecular weight excluding hydrogens is 461 g/mol. The van der Waals surface area contributed by atoms with E-state index in [2.05, 4.69) is 35.5 Å². The summed E-state index contributed by atoms with van der Waals surface area (Å²) in [5, 5.41) is 14.6. The Hall–Kier alpha value is -3.32. The SMILES string of the molecule is CC(C)(C)c1nc(N2CCC(F)(F)C2)c2nnn(Cc3cc(C4(C(F)(F)F)N=N4)ccn3)c2n1. The van der Waals surface area contributed by atoms with E-state index in [4.69, 9.17) is 0 Å². The third-order valence-electron chi connectivity index (χ3n) is 5.71. The highest BCUT2D eigenvalue weighted by Crippen LogP contribution is 2.52. The molecule has 0 spiro atoms. The Morgan fingerprint density at radius 2 is 1.82 bits per heavy atom. The highest BCUT2D eigenvalue weighted by Gasteiger charge is 2.65.